The van der Waals surface area contributed by atoms with E-state index in [0.29, 0.717) is 22.9 Å². The first-order valence-corrected chi connectivity index (χ1v) is 14.6. The molecule has 2 heterocycles. The maximum Gasteiger partial charge on any atom is 0.305 e. The summed E-state index contributed by atoms with van der Waals surface area (Å²) in [4.78, 5) is 41.8. The van der Waals surface area contributed by atoms with Gasteiger partial charge in [-0.25, -0.2) is 4.98 Å². The standard InChI is InChI=1S/C31H39N5O4/c1-20(37)32-24-16-14-22(15-17-24)28-30(33-23-11-6-3-7-12-23)36-18-8-13-25(29(36)35-28)31(40)34-26(19-27(38)39)21-9-4-2-5-10-21/h8,13-18,21,23,26,33H,2-7,9-12,19H2,1H3,(H,32,37)(H,34,40)(H,38,39). The van der Waals surface area contributed by atoms with Crippen molar-refractivity contribution in [3.8, 4) is 11.3 Å². The lowest BCUT2D eigenvalue weighted by atomic mass is 9.82. The fourth-order valence-corrected chi connectivity index (χ4v) is 6.25. The average Bonchev–Trinajstić information content (AvgIpc) is 3.32. The summed E-state index contributed by atoms with van der Waals surface area (Å²) in [5.41, 5.74) is 3.25. The number of amides is 2. The number of carboxylic acids is 1. The molecule has 212 valence electrons. The highest BCUT2D eigenvalue weighted by Gasteiger charge is 2.29. The van der Waals surface area contributed by atoms with Crippen molar-refractivity contribution < 1.29 is 19.5 Å². The van der Waals surface area contributed by atoms with E-state index >= 15 is 0 Å². The molecule has 2 aliphatic carbocycles. The Morgan fingerprint density at radius 2 is 1.65 bits per heavy atom. The van der Waals surface area contributed by atoms with Crippen LogP contribution in [0.25, 0.3) is 16.9 Å². The SMILES string of the molecule is CC(=O)Nc1ccc(-c2nc3c(C(=O)NC(CC(=O)O)C4CCCCC4)cccn3c2NC2CCCCC2)cc1. The Morgan fingerprint density at radius 1 is 0.975 bits per heavy atom. The van der Waals surface area contributed by atoms with Gasteiger partial charge in [0.1, 0.15) is 11.5 Å². The van der Waals surface area contributed by atoms with Gasteiger partial charge in [-0.15, -0.1) is 0 Å². The first-order valence-electron chi connectivity index (χ1n) is 14.6. The minimum Gasteiger partial charge on any atom is -0.481 e. The van der Waals surface area contributed by atoms with Crippen LogP contribution in [0, 0.1) is 5.92 Å². The van der Waals surface area contributed by atoms with Crippen molar-refractivity contribution in [3.05, 3.63) is 48.2 Å². The Kier molecular flexibility index (Phi) is 8.67. The maximum absolute atomic E-state index is 13.7. The molecule has 2 aromatic heterocycles. The van der Waals surface area contributed by atoms with E-state index in [2.05, 4.69) is 16.0 Å². The van der Waals surface area contributed by atoms with Gasteiger partial charge in [-0.3, -0.25) is 18.8 Å². The molecular formula is C31H39N5O4. The normalized spacial score (nSPS) is 17.3. The van der Waals surface area contributed by atoms with Gasteiger partial charge in [0.05, 0.1) is 12.0 Å². The van der Waals surface area contributed by atoms with Crippen molar-refractivity contribution >= 4 is 34.9 Å². The molecule has 1 atom stereocenters. The maximum atomic E-state index is 13.7. The summed E-state index contributed by atoms with van der Waals surface area (Å²) < 4.78 is 1.94. The fourth-order valence-electron chi connectivity index (χ4n) is 6.25. The summed E-state index contributed by atoms with van der Waals surface area (Å²) in [7, 11) is 0. The van der Waals surface area contributed by atoms with Gasteiger partial charge in [0.25, 0.3) is 5.91 Å². The molecule has 5 rings (SSSR count). The second-order valence-corrected chi connectivity index (χ2v) is 11.2. The van der Waals surface area contributed by atoms with Crippen molar-refractivity contribution in [3.63, 3.8) is 0 Å². The van der Waals surface area contributed by atoms with Crippen LogP contribution in [-0.2, 0) is 9.59 Å². The number of carbonyl (C=O) groups is 3. The number of nitrogens with zero attached hydrogens (tertiary/aromatic N) is 2. The van der Waals surface area contributed by atoms with E-state index in [4.69, 9.17) is 4.98 Å². The predicted molar refractivity (Wildman–Crippen MR) is 156 cm³/mol. The molecule has 2 amide bonds. The summed E-state index contributed by atoms with van der Waals surface area (Å²) in [5.74, 6) is -0.346. The third kappa shape index (κ3) is 6.46. The molecule has 2 aliphatic rings. The van der Waals surface area contributed by atoms with Crippen LogP contribution in [0.15, 0.2) is 42.6 Å². The van der Waals surface area contributed by atoms with Gasteiger partial charge >= 0.3 is 5.97 Å². The van der Waals surface area contributed by atoms with Crippen LogP contribution in [0.5, 0.6) is 0 Å². The summed E-state index contributed by atoms with van der Waals surface area (Å²) in [6, 6.07) is 11.0. The zero-order valence-electron chi connectivity index (χ0n) is 23.1. The number of pyridine rings is 1. The zero-order valence-corrected chi connectivity index (χ0v) is 23.1. The van der Waals surface area contributed by atoms with Crippen molar-refractivity contribution in [1.82, 2.24) is 14.7 Å². The Hall–Kier alpha value is -3.88. The van der Waals surface area contributed by atoms with Crippen LogP contribution in [0.2, 0.25) is 0 Å². The van der Waals surface area contributed by atoms with Crippen molar-refractivity contribution in [2.75, 3.05) is 10.6 Å². The van der Waals surface area contributed by atoms with Crippen LogP contribution >= 0.6 is 0 Å². The minimum atomic E-state index is -0.904. The van der Waals surface area contributed by atoms with Crippen molar-refractivity contribution in [1.29, 1.82) is 0 Å². The highest BCUT2D eigenvalue weighted by molar-refractivity contribution is 6.01. The second-order valence-electron chi connectivity index (χ2n) is 11.2. The molecule has 0 radical (unpaired) electrons. The fraction of sp³-hybridized carbons (Fsp3) is 0.484. The van der Waals surface area contributed by atoms with E-state index < -0.39 is 12.0 Å². The lowest BCUT2D eigenvalue weighted by Gasteiger charge is -2.30. The molecule has 0 aliphatic heterocycles. The van der Waals surface area contributed by atoms with Crippen molar-refractivity contribution in [2.24, 2.45) is 5.92 Å². The van der Waals surface area contributed by atoms with Gasteiger partial charge in [0.15, 0.2) is 5.65 Å². The van der Waals surface area contributed by atoms with Gasteiger partial charge < -0.3 is 21.1 Å². The van der Waals surface area contributed by atoms with Gasteiger partial charge in [-0.1, -0.05) is 50.7 Å². The first kappa shape index (κ1) is 27.7. The predicted octanol–water partition coefficient (Wildman–Crippen LogP) is 5.86. The summed E-state index contributed by atoms with van der Waals surface area (Å²) in [5, 5.41) is 19.1. The smallest absolute Gasteiger partial charge is 0.305 e. The first-order chi connectivity index (χ1) is 19.4. The average molecular weight is 546 g/mol. The third-order valence-corrected chi connectivity index (χ3v) is 8.25. The van der Waals surface area contributed by atoms with E-state index in [0.717, 1.165) is 62.0 Å². The quantitative estimate of drug-likeness (QED) is 0.267. The number of aromatic nitrogens is 2. The molecule has 9 heteroatoms. The lowest BCUT2D eigenvalue weighted by molar-refractivity contribution is -0.137. The molecule has 0 bridgehead atoms. The molecule has 9 nitrogen and oxygen atoms in total. The number of nitrogens with one attached hydrogen (secondary N) is 3. The van der Waals surface area contributed by atoms with E-state index in [1.54, 1.807) is 6.07 Å². The number of imidazole rings is 1. The lowest BCUT2D eigenvalue weighted by Crippen LogP contribution is -2.42. The summed E-state index contributed by atoms with van der Waals surface area (Å²) in [6.07, 6.45) is 12.7. The Morgan fingerprint density at radius 3 is 2.30 bits per heavy atom. The number of carboxylic acid groups (broad SMARTS) is 1. The number of aliphatic carboxylic acids is 1. The second kappa shape index (κ2) is 12.5. The third-order valence-electron chi connectivity index (χ3n) is 8.25. The molecule has 0 spiro atoms. The Bertz CT molecular complexity index is 1350. The topological polar surface area (TPSA) is 125 Å². The van der Waals surface area contributed by atoms with Crippen molar-refractivity contribution in [2.45, 2.75) is 89.6 Å². The van der Waals surface area contributed by atoms with E-state index in [-0.39, 0.29) is 24.2 Å². The monoisotopic (exact) mass is 545 g/mol. The van der Waals surface area contributed by atoms with Crippen LogP contribution in [0.1, 0.15) is 87.9 Å². The van der Waals surface area contributed by atoms with Gasteiger partial charge in [-0.05, 0) is 55.9 Å². The minimum absolute atomic E-state index is 0.0889. The molecule has 2 fully saturated rings. The van der Waals surface area contributed by atoms with Gasteiger partial charge in [0, 0.05) is 36.5 Å². The molecular weight excluding hydrogens is 506 g/mol. The number of hydrogen-bond acceptors (Lipinski definition) is 5. The number of rotatable bonds is 9. The summed E-state index contributed by atoms with van der Waals surface area (Å²) in [6.45, 7) is 1.48. The highest BCUT2D eigenvalue weighted by Crippen LogP contribution is 2.34. The summed E-state index contributed by atoms with van der Waals surface area (Å²) >= 11 is 0. The largest absolute Gasteiger partial charge is 0.481 e. The zero-order chi connectivity index (χ0) is 28.1. The van der Waals surface area contributed by atoms with Crippen LogP contribution < -0.4 is 16.0 Å². The molecule has 1 unspecified atom stereocenters. The molecule has 3 aromatic rings. The molecule has 4 N–H and O–H groups in total. The Balaban J connectivity index is 1.51. The number of benzene rings is 1. The van der Waals surface area contributed by atoms with E-state index in [1.807, 2.05) is 40.9 Å². The number of fused-ring (bicyclic) bond motifs is 1. The van der Waals surface area contributed by atoms with Gasteiger partial charge in [-0.2, -0.15) is 0 Å². The van der Waals surface area contributed by atoms with Crippen LogP contribution in [0.4, 0.5) is 11.5 Å². The molecule has 0 saturated heterocycles. The molecule has 40 heavy (non-hydrogen) atoms. The van der Waals surface area contributed by atoms with Crippen LogP contribution in [-0.4, -0.2) is 44.4 Å². The van der Waals surface area contributed by atoms with Gasteiger partial charge in [0.2, 0.25) is 5.91 Å². The number of anilines is 2. The number of carbonyl (C=O) groups excluding carboxylic acids is 2. The molecule has 1 aromatic carbocycles. The molecule has 2 saturated carbocycles. The number of hydrogen-bond donors (Lipinski definition) is 4. The van der Waals surface area contributed by atoms with E-state index in [1.165, 1.54) is 26.2 Å². The van der Waals surface area contributed by atoms with E-state index in [9.17, 15) is 19.5 Å². The highest BCUT2D eigenvalue weighted by atomic mass is 16.4. The Labute approximate surface area is 234 Å². The van der Waals surface area contributed by atoms with Crippen LogP contribution in [0.3, 0.4) is 0 Å².